The van der Waals surface area contributed by atoms with Crippen LogP contribution < -0.4 is 0 Å². The van der Waals surface area contributed by atoms with E-state index in [2.05, 4.69) is 26.5 Å². The predicted octanol–water partition coefficient (Wildman–Crippen LogP) is 3.76. The van der Waals surface area contributed by atoms with Crippen LogP contribution in [0.4, 0.5) is 0 Å². The molecular weight excluding hydrogens is 158 g/mol. The maximum Gasteiger partial charge on any atom is 0.0988 e. The van der Waals surface area contributed by atoms with Crippen molar-refractivity contribution in [2.75, 3.05) is 0 Å². The van der Waals surface area contributed by atoms with Crippen LogP contribution in [0.2, 0.25) is 0 Å². The molecule has 0 fully saturated rings. The van der Waals surface area contributed by atoms with Crippen molar-refractivity contribution < 1.29 is 0 Å². The highest BCUT2D eigenvalue weighted by molar-refractivity contribution is 5.39. The van der Waals surface area contributed by atoms with E-state index < -0.39 is 0 Å². The van der Waals surface area contributed by atoms with Crippen molar-refractivity contribution in [2.45, 2.75) is 33.6 Å². The van der Waals surface area contributed by atoms with Crippen molar-refractivity contribution in [3.8, 4) is 6.07 Å². The molecule has 0 bridgehead atoms. The first kappa shape index (κ1) is 11.7. The fraction of sp³-hybridized carbons (Fsp3) is 0.417. The summed E-state index contributed by atoms with van der Waals surface area (Å²) in [7, 11) is 0. The molecule has 0 heterocycles. The minimum atomic E-state index is 0.542. The van der Waals surface area contributed by atoms with Crippen LogP contribution >= 0.6 is 0 Å². The van der Waals surface area contributed by atoms with E-state index in [0.29, 0.717) is 5.57 Å². The molecule has 0 amide bonds. The lowest BCUT2D eigenvalue weighted by Crippen LogP contribution is -1.78. The molecule has 0 aromatic heterocycles. The van der Waals surface area contributed by atoms with Gasteiger partial charge in [0, 0.05) is 5.57 Å². The Morgan fingerprint density at radius 1 is 1.38 bits per heavy atom. The van der Waals surface area contributed by atoms with Crippen LogP contribution in [-0.4, -0.2) is 0 Å². The number of nitrogens with zero attached hydrogens (tertiary/aromatic N) is 1. The molecule has 70 valence electrons. The third kappa shape index (κ3) is 5.03. The van der Waals surface area contributed by atoms with E-state index in [1.165, 1.54) is 5.57 Å². The van der Waals surface area contributed by atoms with Gasteiger partial charge in [0.15, 0.2) is 0 Å². The van der Waals surface area contributed by atoms with E-state index in [0.717, 1.165) is 18.4 Å². The second kappa shape index (κ2) is 6.25. The van der Waals surface area contributed by atoms with Gasteiger partial charge in [0.05, 0.1) is 6.07 Å². The quantitative estimate of drug-likeness (QED) is 0.471. The van der Waals surface area contributed by atoms with Crippen LogP contribution in [0.3, 0.4) is 0 Å². The molecule has 0 aliphatic rings. The summed E-state index contributed by atoms with van der Waals surface area (Å²) in [5, 5.41) is 8.56. The zero-order valence-corrected chi connectivity index (χ0v) is 8.72. The molecule has 0 unspecified atom stereocenters. The zero-order chi connectivity index (χ0) is 10.3. The second-order valence-corrected chi connectivity index (χ2v) is 3.20. The normalized spacial score (nSPS) is 12.5. The Kier molecular flexibility index (Phi) is 5.63. The molecule has 0 aromatic rings. The summed E-state index contributed by atoms with van der Waals surface area (Å²) in [6.07, 6.45) is 6.29. The molecule has 1 heteroatoms. The molecule has 0 spiro atoms. The lowest BCUT2D eigenvalue weighted by atomic mass is 10.1. The molecule has 0 aliphatic carbocycles. The Bertz CT molecular complexity index is 274. The number of allylic oxidation sites excluding steroid dienone is 5. The summed E-state index contributed by atoms with van der Waals surface area (Å²) in [6.45, 7) is 9.80. The number of hydrogen-bond donors (Lipinski definition) is 0. The van der Waals surface area contributed by atoms with Gasteiger partial charge in [0.1, 0.15) is 0 Å². The third-order valence-electron chi connectivity index (χ3n) is 1.87. The maximum absolute atomic E-state index is 8.56. The summed E-state index contributed by atoms with van der Waals surface area (Å²) in [4.78, 5) is 0. The van der Waals surface area contributed by atoms with Gasteiger partial charge >= 0.3 is 0 Å². The molecule has 0 aliphatic heterocycles. The van der Waals surface area contributed by atoms with Crippen LogP contribution in [0, 0.1) is 11.3 Å². The van der Waals surface area contributed by atoms with Crippen LogP contribution in [-0.2, 0) is 0 Å². The summed E-state index contributed by atoms with van der Waals surface area (Å²) >= 11 is 0. The van der Waals surface area contributed by atoms with Crippen molar-refractivity contribution in [3.63, 3.8) is 0 Å². The number of rotatable bonds is 4. The Labute approximate surface area is 81.1 Å². The summed E-state index contributed by atoms with van der Waals surface area (Å²) in [6, 6.07) is 2.03. The van der Waals surface area contributed by atoms with Crippen LogP contribution in [0.15, 0.2) is 35.5 Å². The first-order chi connectivity index (χ1) is 6.11. The summed E-state index contributed by atoms with van der Waals surface area (Å²) < 4.78 is 0. The molecule has 0 aromatic carbocycles. The maximum atomic E-state index is 8.56. The fourth-order valence-corrected chi connectivity index (χ4v) is 0.934. The predicted molar refractivity (Wildman–Crippen MR) is 57.2 cm³/mol. The van der Waals surface area contributed by atoms with E-state index >= 15 is 0 Å². The molecule has 13 heavy (non-hydrogen) atoms. The topological polar surface area (TPSA) is 23.8 Å². The molecule has 0 saturated heterocycles. The van der Waals surface area contributed by atoms with E-state index in [9.17, 15) is 0 Å². The number of nitriles is 1. The van der Waals surface area contributed by atoms with Gasteiger partial charge in [-0.2, -0.15) is 5.26 Å². The molecule has 0 saturated carbocycles. The highest BCUT2D eigenvalue weighted by atomic mass is 14.2. The highest BCUT2D eigenvalue weighted by Crippen LogP contribution is 2.08. The minimum absolute atomic E-state index is 0.542. The number of hydrogen-bond acceptors (Lipinski definition) is 1. The van der Waals surface area contributed by atoms with Gasteiger partial charge in [0.2, 0.25) is 0 Å². The van der Waals surface area contributed by atoms with Gasteiger partial charge in [-0.3, -0.25) is 0 Å². The van der Waals surface area contributed by atoms with Crippen molar-refractivity contribution in [3.05, 3.63) is 35.5 Å². The molecule has 1 nitrogen and oxygen atoms in total. The monoisotopic (exact) mass is 175 g/mol. The summed E-state index contributed by atoms with van der Waals surface area (Å²) in [5.74, 6) is 0. The van der Waals surface area contributed by atoms with Crippen LogP contribution in [0.5, 0.6) is 0 Å². The van der Waals surface area contributed by atoms with Crippen molar-refractivity contribution in [1.82, 2.24) is 0 Å². The van der Waals surface area contributed by atoms with Crippen molar-refractivity contribution in [1.29, 1.82) is 5.26 Å². The van der Waals surface area contributed by atoms with Gasteiger partial charge in [0.25, 0.3) is 0 Å². The van der Waals surface area contributed by atoms with Crippen molar-refractivity contribution >= 4 is 0 Å². The lowest BCUT2D eigenvalue weighted by Gasteiger charge is -1.96. The minimum Gasteiger partial charge on any atom is -0.192 e. The average molecular weight is 175 g/mol. The van der Waals surface area contributed by atoms with E-state index in [4.69, 9.17) is 5.26 Å². The molecule has 0 radical (unpaired) electrons. The largest absolute Gasteiger partial charge is 0.192 e. The van der Waals surface area contributed by atoms with Crippen LogP contribution in [0.25, 0.3) is 0 Å². The van der Waals surface area contributed by atoms with E-state index in [1.807, 2.05) is 19.1 Å². The smallest absolute Gasteiger partial charge is 0.0988 e. The molecule has 0 N–H and O–H groups in total. The Morgan fingerprint density at radius 2 is 2.00 bits per heavy atom. The SMILES string of the molecule is C=C(C#N)/C(C)=C\C=C(\C)CCC. The first-order valence-electron chi connectivity index (χ1n) is 4.55. The second-order valence-electron chi connectivity index (χ2n) is 3.20. The Morgan fingerprint density at radius 3 is 2.46 bits per heavy atom. The van der Waals surface area contributed by atoms with Crippen molar-refractivity contribution in [2.24, 2.45) is 0 Å². The first-order valence-corrected chi connectivity index (χ1v) is 4.55. The fourth-order valence-electron chi connectivity index (χ4n) is 0.934. The third-order valence-corrected chi connectivity index (χ3v) is 1.87. The molecule has 0 atom stereocenters. The Balaban J connectivity index is 4.34. The standard InChI is InChI=1S/C12H17N/c1-5-6-10(2)7-8-11(3)12(4)9-13/h7-8H,4-6H2,1-3H3/b10-7-,11-8-. The molecular formula is C12H17N. The van der Waals surface area contributed by atoms with Gasteiger partial charge in [-0.15, -0.1) is 0 Å². The highest BCUT2D eigenvalue weighted by Gasteiger charge is 1.92. The Hall–Kier alpha value is -1.29. The van der Waals surface area contributed by atoms with E-state index in [-0.39, 0.29) is 0 Å². The van der Waals surface area contributed by atoms with Gasteiger partial charge < -0.3 is 0 Å². The zero-order valence-electron chi connectivity index (χ0n) is 8.72. The van der Waals surface area contributed by atoms with Crippen LogP contribution in [0.1, 0.15) is 33.6 Å². The van der Waals surface area contributed by atoms with E-state index in [1.54, 1.807) is 0 Å². The lowest BCUT2D eigenvalue weighted by molar-refractivity contribution is 0.905. The summed E-state index contributed by atoms with van der Waals surface area (Å²) in [5.41, 5.74) is 2.83. The van der Waals surface area contributed by atoms with Gasteiger partial charge in [-0.05, 0) is 25.8 Å². The van der Waals surface area contributed by atoms with Gasteiger partial charge in [-0.1, -0.05) is 37.6 Å². The average Bonchev–Trinajstić information content (AvgIpc) is 2.13. The van der Waals surface area contributed by atoms with Gasteiger partial charge in [-0.25, -0.2) is 0 Å². The molecule has 0 rings (SSSR count).